The van der Waals surface area contributed by atoms with Crippen LogP contribution < -0.4 is 5.32 Å². The normalized spacial score (nSPS) is 24.4. The summed E-state index contributed by atoms with van der Waals surface area (Å²) in [5.74, 6) is -0.129. The Labute approximate surface area is 106 Å². The lowest BCUT2D eigenvalue weighted by Crippen LogP contribution is -2.37. The van der Waals surface area contributed by atoms with Crippen molar-refractivity contribution < 1.29 is 9.53 Å². The minimum Gasteiger partial charge on any atom is -0.469 e. The van der Waals surface area contributed by atoms with Crippen molar-refractivity contribution >= 4 is 17.6 Å². The monoisotopic (exact) mass is 253 g/mol. The van der Waals surface area contributed by atoms with Crippen LogP contribution in [0.5, 0.6) is 0 Å². The van der Waals surface area contributed by atoms with Crippen molar-refractivity contribution in [2.24, 2.45) is 5.92 Å². The van der Waals surface area contributed by atoms with Crippen LogP contribution in [0.4, 0.5) is 0 Å². The number of methoxy groups -OCH3 is 1. The Balaban J connectivity index is 1.95. The molecule has 0 aromatic heterocycles. The Hall–Kier alpha value is -1.06. The van der Waals surface area contributed by atoms with E-state index in [0.29, 0.717) is 12.6 Å². The average Bonchev–Trinajstić information content (AvgIpc) is 2.39. The van der Waals surface area contributed by atoms with Gasteiger partial charge in [0.15, 0.2) is 0 Å². The molecule has 4 heteroatoms. The van der Waals surface area contributed by atoms with Crippen LogP contribution in [0, 0.1) is 5.92 Å². The first-order valence-electron chi connectivity index (χ1n) is 5.77. The Morgan fingerprint density at radius 2 is 2.06 bits per heavy atom. The third-order valence-electron chi connectivity index (χ3n) is 3.22. The maximum atomic E-state index is 11.4. The first-order chi connectivity index (χ1) is 8.20. The summed E-state index contributed by atoms with van der Waals surface area (Å²) in [5, 5.41) is 4.12. The number of hydrogen-bond acceptors (Lipinski definition) is 3. The molecule has 17 heavy (non-hydrogen) atoms. The van der Waals surface area contributed by atoms with E-state index in [2.05, 4.69) is 5.32 Å². The van der Waals surface area contributed by atoms with Crippen molar-refractivity contribution in [3.8, 4) is 0 Å². The minimum atomic E-state index is -0.118. The Morgan fingerprint density at radius 1 is 1.35 bits per heavy atom. The Bertz CT molecular complexity index is 383. The number of nitrogens with one attached hydrogen (secondary N) is 1. The van der Waals surface area contributed by atoms with E-state index in [-0.39, 0.29) is 11.9 Å². The molecule has 1 aliphatic heterocycles. The number of carbonyl (C=O) groups is 1. The Morgan fingerprint density at radius 3 is 2.59 bits per heavy atom. The van der Waals surface area contributed by atoms with Gasteiger partial charge >= 0.3 is 5.97 Å². The zero-order chi connectivity index (χ0) is 12.3. The van der Waals surface area contributed by atoms with Crippen LogP contribution in [0.1, 0.15) is 24.4 Å². The highest BCUT2D eigenvalue weighted by Gasteiger charge is 2.26. The predicted octanol–water partition coefficient (Wildman–Crippen LogP) is 2.55. The van der Waals surface area contributed by atoms with Gasteiger partial charge in [0.2, 0.25) is 0 Å². The van der Waals surface area contributed by atoms with Gasteiger partial charge in [-0.25, -0.2) is 0 Å². The van der Waals surface area contributed by atoms with E-state index >= 15 is 0 Å². The molecule has 1 heterocycles. The molecular formula is C13H16ClNO2. The first-order valence-corrected chi connectivity index (χ1v) is 6.15. The van der Waals surface area contributed by atoms with E-state index < -0.39 is 0 Å². The standard InChI is InChI=1S/C13H16ClNO2/c1-17-13(16)10-4-7-12(15-8-10)9-2-5-11(14)6-3-9/h2-3,5-6,10,12,15H,4,7-8H2,1H3. The maximum Gasteiger partial charge on any atom is 0.309 e. The molecule has 3 nitrogen and oxygen atoms in total. The SMILES string of the molecule is COC(=O)C1CCC(c2ccc(Cl)cc2)NC1. The van der Waals surface area contributed by atoms with E-state index in [0.717, 1.165) is 17.9 Å². The number of benzene rings is 1. The molecule has 0 amide bonds. The van der Waals surface area contributed by atoms with Gasteiger partial charge in [0.25, 0.3) is 0 Å². The van der Waals surface area contributed by atoms with Crippen LogP contribution in [0.3, 0.4) is 0 Å². The number of piperidine rings is 1. The molecule has 1 N–H and O–H groups in total. The van der Waals surface area contributed by atoms with Crippen molar-refractivity contribution in [2.75, 3.05) is 13.7 Å². The molecular weight excluding hydrogens is 238 g/mol. The molecule has 1 aromatic carbocycles. The molecule has 0 spiro atoms. The summed E-state index contributed by atoms with van der Waals surface area (Å²) in [6, 6.07) is 8.15. The molecule has 1 saturated heterocycles. The van der Waals surface area contributed by atoms with Gasteiger partial charge in [-0.1, -0.05) is 23.7 Å². The number of esters is 1. The van der Waals surface area contributed by atoms with Crippen LogP contribution in [0.15, 0.2) is 24.3 Å². The minimum absolute atomic E-state index is 0.0106. The van der Waals surface area contributed by atoms with E-state index in [4.69, 9.17) is 16.3 Å². The van der Waals surface area contributed by atoms with Crippen molar-refractivity contribution in [3.63, 3.8) is 0 Å². The maximum absolute atomic E-state index is 11.4. The quantitative estimate of drug-likeness (QED) is 0.824. The van der Waals surface area contributed by atoms with Crippen molar-refractivity contribution in [3.05, 3.63) is 34.9 Å². The second-order valence-electron chi connectivity index (χ2n) is 4.31. The number of halogens is 1. The van der Waals surface area contributed by atoms with Gasteiger partial charge < -0.3 is 10.1 Å². The van der Waals surface area contributed by atoms with Crippen molar-refractivity contribution in [1.29, 1.82) is 0 Å². The summed E-state index contributed by atoms with van der Waals surface area (Å²) in [6.07, 6.45) is 1.81. The summed E-state index contributed by atoms with van der Waals surface area (Å²) in [5.41, 5.74) is 1.22. The van der Waals surface area contributed by atoms with Crippen LogP contribution in [-0.2, 0) is 9.53 Å². The lowest BCUT2D eigenvalue weighted by molar-refractivity contribution is -0.146. The number of carbonyl (C=O) groups excluding carboxylic acids is 1. The summed E-state index contributed by atoms with van der Waals surface area (Å²) in [4.78, 5) is 11.4. The number of hydrogen-bond donors (Lipinski definition) is 1. The molecule has 2 atom stereocenters. The van der Waals surface area contributed by atoms with Crippen LogP contribution in [0.2, 0.25) is 5.02 Å². The molecule has 92 valence electrons. The summed E-state index contributed by atoms with van der Waals surface area (Å²) in [7, 11) is 1.44. The molecule has 1 aliphatic rings. The summed E-state index contributed by atoms with van der Waals surface area (Å²) >= 11 is 5.85. The summed E-state index contributed by atoms with van der Waals surface area (Å²) in [6.45, 7) is 0.681. The molecule has 0 radical (unpaired) electrons. The third kappa shape index (κ3) is 2.99. The first kappa shape index (κ1) is 12.4. The zero-order valence-electron chi connectivity index (χ0n) is 9.78. The van der Waals surface area contributed by atoms with Gasteiger partial charge in [-0.15, -0.1) is 0 Å². The van der Waals surface area contributed by atoms with E-state index in [1.165, 1.54) is 12.7 Å². The highest BCUT2D eigenvalue weighted by Crippen LogP contribution is 2.27. The Kier molecular flexibility index (Phi) is 4.02. The van der Waals surface area contributed by atoms with Gasteiger partial charge in [0.1, 0.15) is 0 Å². The van der Waals surface area contributed by atoms with Crippen LogP contribution in [0.25, 0.3) is 0 Å². The molecule has 0 bridgehead atoms. The second kappa shape index (κ2) is 5.52. The fraction of sp³-hybridized carbons (Fsp3) is 0.462. The third-order valence-corrected chi connectivity index (χ3v) is 3.47. The van der Waals surface area contributed by atoms with Gasteiger partial charge in [0, 0.05) is 17.6 Å². The summed E-state index contributed by atoms with van der Waals surface area (Å²) < 4.78 is 4.75. The molecule has 2 unspecified atom stereocenters. The highest BCUT2D eigenvalue weighted by molar-refractivity contribution is 6.30. The smallest absolute Gasteiger partial charge is 0.309 e. The largest absolute Gasteiger partial charge is 0.469 e. The number of ether oxygens (including phenoxy) is 1. The van der Waals surface area contributed by atoms with Crippen LogP contribution in [-0.4, -0.2) is 19.6 Å². The molecule has 1 aromatic rings. The van der Waals surface area contributed by atoms with Gasteiger partial charge in [-0.05, 0) is 30.5 Å². The fourth-order valence-corrected chi connectivity index (χ4v) is 2.33. The lowest BCUT2D eigenvalue weighted by atomic mass is 9.91. The molecule has 1 fully saturated rings. The van der Waals surface area contributed by atoms with Gasteiger partial charge in [-0.2, -0.15) is 0 Å². The van der Waals surface area contributed by atoms with Gasteiger partial charge in [0.05, 0.1) is 13.0 Å². The molecule has 0 saturated carbocycles. The van der Waals surface area contributed by atoms with E-state index in [9.17, 15) is 4.79 Å². The molecule has 0 aliphatic carbocycles. The second-order valence-corrected chi connectivity index (χ2v) is 4.75. The topological polar surface area (TPSA) is 38.3 Å². The van der Waals surface area contributed by atoms with E-state index in [1.807, 2.05) is 24.3 Å². The number of rotatable bonds is 2. The van der Waals surface area contributed by atoms with Crippen LogP contribution >= 0.6 is 11.6 Å². The van der Waals surface area contributed by atoms with Gasteiger partial charge in [-0.3, -0.25) is 4.79 Å². The van der Waals surface area contributed by atoms with Crippen molar-refractivity contribution in [2.45, 2.75) is 18.9 Å². The zero-order valence-corrected chi connectivity index (χ0v) is 10.5. The fourth-order valence-electron chi connectivity index (χ4n) is 2.20. The average molecular weight is 254 g/mol. The highest BCUT2D eigenvalue weighted by atomic mass is 35.5. The van der Waals surface area contributed by atoms with Crippen molar-refractivity contribution in [1.82, 2.24) is 5.32 Å². The van der Waals surface area contributed by atoms with E-state index in [1.54, 1.807) is 0 Å². The molecule has 2 rings (SSSR count). The lowest BCUT2D eigenvalue weighted by Gasteiger charge is -2.28. The predicted molar refractivity (Wildman–Crippen MR) is 66.9 cm³/mol.